The van der Waals surface area contributed by atoms with Gasteiger partial charge in [0, 0.05) is 0 Å². The minimum Gasteiger partial charge on any atom is -0.0776 e. The molecule has 0 unspecified atom stereocenters. The summed E-state index contributed by atoms with van der Waals surface area (Å²) in [6.45, 7) is 2.20. The largest absolute Gasteiger partial charge is 0.0776 e. The summed E-state index contributed by atoms with van der Waals surface area (Å²) in [7, 11) is 0. The van der Waals surface area contributed by atoms with Crippen molar-refractivity contribution in [1.29, 1.82) is 0 Å². The lowest BCUT2D eigenvalue weighted by atomic mass is 9.98. The minimum atomic E-state index is 0. The van der Waals surface area contributed by atoms with Crippen molar-refractivity contribution in [3.63, 3.8) is 0 Å². The molecule has 3 aromatic rings. The minimum absolute atomic E-state index is 0. The van der Waals surface area contributed by atoms with Crippen LogP contribution in [0.3, 0.4) is 0 Å². The maximum absolute atomic E-state index is 2.26. The number of aryl methyl sites for hydroxylation is 1. The third-order valence-electron chi connectivity index (χ3n) is 3.04. The van der Waals surface area contributed by atoms with Gasteiger partial charge in [-0.2, -0.15) is 0 Å². The van der Waals surface area contributed by atoms with Gasteiger partial charge in [0.25, 0.3) is 0 Å². The van der Waals surface area contributed by atoms with Crippen LogP contribution in [-0.2, 0) is 0 Å². The van der Waals surface area contributed by atoms with Crippen LogP contribution >= 0.6 is 0 Å². The molecule has 88 valence electrons. The summed E-state index contributed by atoms with van der Waals surface area (Å²) < 4.78 is 0. The molecule has 0 N–H and O–H groups in total. The van der Waals surface area contributed by atoms with Crippen LogP contribution in [0, 0.1) is 6.92 Å². The van der Waals surface area contributed by atoms with Crippen molar-refractivity contribution >= 4 is 21.5 Å². The molecule has 0 nitrogen and oxygen atoms in total. The van der Waals surface area contributed by atoms with Gasteiger partial charge in [0.15, 0.2) is 0 Å². The maximum Gasteiger partial charge on any atom is -0.0148 e. The second kappa shape index (κ2) is 5.01. The molecule has 0 radical (unpaired) electrons. The molecule has 0 bridgehead atoms. The number of fused-ring (bicyclic) bond motifs is 2. The van der Waals surface area contributed by atoms with Crippen LogP contribution in [0.4, 0.5) is 0 Å². The molecule has 0 spiro atoms. The number of hydrogen-bond donors (Lipinski definition) is 0. The molecule has 17 heavy (non-hydrogen) atoms. The molecule has 0 aliphatic rings. The Balaban J connectivity index is 0.000000722. The summed E-state index contributed by atoms with van der Waals surface area (Å²) in [6, 6.07) is 19.4. The third-order valence-corrected chi connectivity index (χ3v) is 3.04. The van der Waals surface area contributed by atoms with E-state index in [0.29, 0.717) is 0 Å². The van der Waals surface area contributed by atoms with E-state index >= 15 is 0 Å². The fourth-order valence-electron chi connectivity index (χ4n) is 2.24. The van der Waals surface area contributed by atoms with Crippen molar-refractivity contribution in [1.82, 2.24) is 0 Å². The standard InChI is InChI=1S/C15H12.2CH4/c1-11-14-8-4-2-6-12(14)10-13-7-3-5-9-15(11)13;;/h2-10H,1H3;2*1H4. The zero-order valence-corrected chi connectivity index (χ0v) is 8.70. The van der Waals surface area contributed by atoms with Crippen LogP contribution in [0.5, 0.6) is 0 Å². The summed E-state index contributed by atoms with van der Waals surface area (Å²) in [5.74, 6) is 0. The van der Waals surface area contributed by atoms with Crippen molar-refractivity contribution < 1.29 is 0 Å². The summed E-state index contributed by atoms with van der Waals surface area (Å²) in [5.41, 5.74) is 1.38. The highest BCUT2D eigenvalue weighted by atomic mass is 14.1. The molecule has 0 saturated carbocycles. The van der Waals surface area contributed by atoms with E-state index in [-0.39, 0.29) is 14.9 Å². The van der Waals surface area contributed by atoms with Crippen molar-refractivity contribution in [2.75, 3.05) is 0 Å². The van der Waals surface area contributed by atoms with Crippen LogP contribution < -0.4 is 0 Å². The number of hydrogen-bond acceptors (Lipinski definition) is 0. The van der Waals surface area contributed by atoms with Crippen LogP contribution in [0.2, 0.25) is 0 Å². The van der Waals surface area contributed by atoms with Gasteiger partial charge in [-0.1, -0.05) is 63.4 Å². The average molecular weight is 224 g/mol. The topological polar surface area (TPSA) is 0 Å². The Bertz CT molecular complexity index is 582. The first-order chi connectivity index (χ1) is 7.36. The maximum atomic E-state index is 2.26. The molecule has 3 rings (SSSR count). The van der Waals surface area contributed by atoms with Crippen molar-refractivity contribution in [3.8, 4) is 0 Å². The average Bonchev–Trinajstić information content (AvgIpc) is 2.30. The van der Waals surface area contributed by atoms with Gasteiger partial charge >= 0.3 is 0 Å². The second-order valence-electron chi connectivity index (χ2n) is 3.94. The molecule has 0 saturated heterocycles. The van der Waals surface area contributed by atoms with E-state index in [1.54, 1.807) is 0 Å². The zero-order valence-electron chi connectivity index (χ0n) is 8.70. The highest BCUT2D eigenvalue weighted by molar-refractivity contribution is 6.01. The normalized spacial score (nSPS) is 9.71. The summed E-state index contributed by atoms with van der Waals surface area (Å²) in [6.07, 6.45) is 0. The van der Waals surface area contributed by atoms with Crippen LogP contribution in [0.1, 0.15) is 20.4 Å². The predicted octanol–water partition coefficient (Wildman–Crippen LogP) is 5.57. The van der Waals surface area contributed by atoms with Crippen LogP contribution in [0.15, 0.2) is 54.6 Å². The van der Waals surface area contributed by atoms with Gasteiger partial charge in [-0.25, -0.2) is 0 Å². The lowest BCUT2D eigenvalue weighted by molar-refractivity contribution is 1.58. The first-order valence-electron chi connectivity index (χ1n) is 5.23. The van der Waals surface area contributed by atoms with Gasteiger partial charge in [0.05, 0.1) is 0 Å². The SMILES string of the molecule is C.C.Cc1c2ccccc2cc2ccccc12. The van der Waals surface area contributed by atoms with Gasteiger partial charge in [0.1, 0.15) is 0 Å². The highest BCUT2D eigenvalue weighted by Crippen LogP contribution is 2.27. The van der Waals surface area contributed by atoms with Crippen molar-refractivity contribution in [2.45, 2.75) is 21.8 Å². The van der Waals surface area contributed by atoms with E-state index in [0.717, 1.165) is 0 Å². The van der Waals surface area contributed by atoms with Crippen molar-refractivity contribution in [2.24, 2.45) is 0 Å². The van der Waals surface area contributed by atoms with E-state index in [2.05, 4.69) is 61.5 Å². The Morgan fingerprint density at radius 2 is 1.06 bits per heavy atom. The Labute approximate surface area is 104 Å². The molecule has 0 heterocycles. The Morgan fingerprint density at radius 3 is 1.53 bits per heavy atom. The fraction of sp³-hybridized carbons (Fsp3) is 0.176. The van der Waals surface area contributed by atoms with E-state index < -0.39 is 0 Å². The van der Waals surface area contributed by atoms with Crippen LogP contribution in [0.25, 0.3) is 21.5 Å². The predicted molar refractivity (Wildman–Crippen MR) is 79.7 cm³/mol. The van der Waals surface area contributed by atoms with Crippen molar-refractivity contribution in [3.05, 3.63) is 60.2 Å². The fourth-order valence-corrected chi connectivity index (χ4v) is 2.24. The lowest BCUT2D eigenvalue weighted by Crippen LogP contribution is -1.81. The highest BCUT2D eigenvalue weighted by Gasteiger charge is 2.01. The van der Waals surface area contributed by atoms with E-state index in [9.17, 15) is 0 Å². The second-order valence-corrected chi connectivity index (χ2v) is 3.94. The Morgan fingerprint density at radius 1 is 0.647 bits per heavy atom. The summed E-state index contributed by atoms with van der Waals surface area (Å²) in [5, 5.41) is 5.37. The van der Waals surface area contributed by atoms with Gasteiger partial charge in [-0.05, 0) is 40.1 Å². The first kappa shape index (κ1) is 13.2. The Kier molecular flexibility index (Phi) is 3.90. The molecule has 0 aromatic heterocycles. The van der Waals surface area contributed by atoms with Crippen LogP contribution in [-0.4, -0.2) is 0 Å². The molecule has 0 aliphatic heterocycles. The molecule has 0 fully saturated rings. The lowest BCUT2D eigenvalue weighted by Gasteiger charge is -2.06. The molecular weight excluding hydrogens is 204 g/mol. The van der Waals surface area contributed by atoms with Gasteiger partial charge < -0.3 is 0 Å². The van der Waals surface area contributed by atoms with E-state index in [1.165, 1.54) is 27.1 Å². The van der Waals surface area contributed by atoms with E-state index in [1.807, 2.05) is 0 Å². The third kappa shape index (κ3) is 2.03. The molecule has 0 atom stereocenters. The number of rotatable bonds is 0. The van der Waals surface area contributed by atoms with E-state index in [4.69, 9.17) is 0 Å². The monoisotopic (exact) mass is 224 g/mol. The number of benzene rings is 3. The Hall–Kier alpha value is -1.82. The quantitative estimate of drug-likeness (QED) is 0.438. The molecule has 0 amide bonds. The first-order valence-corrected chi connectivity index (χ1v) is 5.23. The molecule has 0 heteroatoms. The van der Waals surface area contributed by atoms with Gasteiger partial charge in [-0.3, -0.25) is 0 Å². The van der Waals surface area contributed by atoms with Gasteiger partial charge in [-0.15, -0.1) is 0 Å². The zero-order chi connectivity index (χ0) is 10.3. The summed E-state index contributed by atoms with van der Waals surface area (Å²) >= 11 is 0. The smallest absolute Gasteiger partial charge is 0.0148 e. The molecule has 3 aromatic carbocycles. The summed E-state index contributed by atoms with van der Waals surface area (Å²) in [4.78, 5) is 0. The molecule has 0 aliphatic carbocycles. The van der Waals surface area contributed by atoms with Gasteiger partial charge in [0.2, 0.25) is 0 Å². The molecular formula is C17H20.